The van der Waals surface area contributed by atoms with E-state index < -0.39 is 22.5 Å². The lowest BCUT2D eigenvalue weighted by Crippen LogP contribution is -2.35. The summed E-state index contributed by atoms with van der Waals surface area (Å²) in [6, 6.07) is 4.96. The average molecular weight is 271 g/mol. The number of benzene rings is 1. The number of carboxylic acids is 1. The van der Waals surface area contributed by atoms with Gasteiger partial charge in [0.05, 0.1) is 4.90 Å². The van der Waals surface area contributed by atoms with Crippen LogP contribution in [-0.2, 0) is 14.8 Å². The number of aliphatic carboxylic acids is 1. The van der Waals surface area contributed by atoms with E-state index in [1.165, 1.54) is 0 Å². The molecule has 1 aromatic carbocycles. The molecule has 100 valence electrons. The summed E-state index contributed by atoms with van der Waals surface area (Å²) < 4.78 is 25.5. The van der Waals surface area contributed by atoms with E-state index >= 15 is 0 Å². The van der Waals surface area contributed by atoms with E-state index in [1.807, 2.05) is 6.07 Å². The monoisotopic (exact) mass is 271 g/mol. The first-order valence-corrected chi connectivity index (χ1v) is 7.01. The fourth-order valence-corrected chi connectivity index (χ4v) is 3.34. The molecule has 0 bridgehead atoms. The average Bonchev–Trinajstić information content (AvgIpc) is 2.24. The maximum Gasteiger partial charge on any atom is 0.318 e. The molecule has 5 nitrogen and oxygen atoms in total. The zero-order valence-electron chi connectivity index (χ0n) is 10.7. The first-order chi connectivity index (χ1) is 8.27. The van der Waals surface area contributed by atoms with Gasteiger partial charge in [-0.05, 0) is 37.1 Å². The van der Waals surface area contributed by atoms with Crippen molar-refractivity contribution in [3.05, 3.63) is 29.3 Å². The predicted octanol–water partition coefficient (Wildman–Crippen LogP) is 1.40. The van der Waals surface area contributed by atoms with Gasteiger partial charge < -0.3 is 5.11 Å². The van der Waals surface area contributed by atoms with Crippen LogP contribution < -0.4 is 0 Å². The van der Waals surface area contributed by atoms with E-state index in [4.69, 9.17) is 5.11 Å². The third kappa shape index (κ3) is 3.30. The Bertz CT molecular complexity index is 531. The highest BCUT2D eigenvalue weighted by Crippen LogP contribution is 2.18. The number of hydrogen-bond donors (Lipinski definition) is 1. The van der Waals surface area contributed by atoms with Crippen molar-refractivity contribution < 1.29 is 18.3 Å². The molecule has 0 aliphatic carbocycles. The Balaban J connectivity index is 3.22. The molecule has 0 aliphatic rings. The molecule has 0 unspecified atom stereocenters. The molecule has 0 aromatic heterocycles. The highest BCUT2D eigenvalue weighted by Gasteiger charge is 2.25. The van der Waals surface area contributed by atoms with Gasteiger partial charge in [-0.1, -0.05) is 13.0 Å². The molecule has 6 heteroatoms. The fraction of sp³-hybridized carbons (Fsp3) is 0.417. The molecule has 0 heterocycles. The van der Waals surface area contributed by atoms with Gasteiger partial charge in [-0.3, -0.25) is 4.79 Å². The molecule has 0 spiro atoms. The zero-order chi connectivity index (χ0) is 13.9. The summed E-state index contributed by atoms with van der Waals surface area (Å²) in [6.07, 6.45) is 0. The van der Waals surface area contributed by atoms with Gasteiger partial charge in [-0.25, -0.2) is 8.42 Å². The summed E-state index contributed by atoms with van der Waals surface area (Å²) in [7, 11) is -3.74. The van der Waals surface area contributed by atoms with Crippen LogP contribution in [0.25, 0.3) is 0 Å². The molecule has 1 N–H and O–H groups in total. The standard InChI is InChI=1S/C12H17NO4S/c1-4-13(8-12(14)15)18(16,17)11-6-9(2)5-10(3)7-11/h5-7H,4,8H2,1-3H3,(H,14,15). The van der Waals surface area contributed by atoms with Crippen LogP contribution in [-0.4, -0.2) is 36.9 Å². The van der Waals surface area contributed by atoms with E-state index in [2.05, 4.69) is 0 Å². The van der Waals surface area contributed by atoms with Crippen molar-refractivity contribution in [2.75, 3.05) is 13.1 Å². The molecular formula is C12H17NO4S. The molecule has 18 heavy (non-hydrogen) atoms. The summed E-state index contributed by atoms with van der Waals surface area (Å²) in [5.74, 6) is -1.16. The summed E-state index contributed by atoms with van der Waals surface area (Å²) in [5.41, 5.74) is 1.67. The van der Waals surface area contributed by atoms with E-state index in [0.717, 1.165) is 15.4 Å². The van der Waals surface area contributed by atoms with Crippen molar-refractivity contribution in [3.8, 4) is 0 Å². The number of carboxylic acid groups (broad SMARTS) is 1. The second-order valence-corrected chi connectivity index (χ2v) is 6.09. The Morgan fingerprint density at radius 2 is 1.72 bits per heavy atom. The Labute approximate surface area is 107 Å². The summed E-state index contributed by atoms with van der Waals surface area (Å²) in [4.78, 5) is 10.8. The van der Waals surface area contributed by atoms with Crippen molar-refractivity contribution in [1.29, 1.82) is 0 Å². The number of likely N-dealkylation sites (N-methyl/N-ethyl adjacent to an activating group) is 1. The molecule has 0 atom stereocenters. The van der Waals surface area contributed by atoms with Crippen LogP contribution in [0.2, 0.25) is 0 Å². The molecule has 0 amide bonds. The van der Waals surface area contributed by atoms with Gasteiger partial charge in [0.2, 0.25) is 10.0 Å². The van der Waals surface area contributed by atoms with Crippen molar-refractivity contribution in [1.82, 2.24) is 4.31 Å². The van der Waals surface area contributed by atoms with E-state index in [9.17, 15) is 13.2 Å². The van der Waals surface area contributed by atoms with Crippen LogP contribution in [0.15, 0.2) is 23.1 Å². The second kappa shape index (κ2) is 5.49. The number of sulfonamides is 1. The highest BCUT2D eigenvalue weighted by atomic mass is 32.2. The van der Waals surface area contributed by atoms with Crippen molar-refractivity contribution in [2.45, 2.75) is 25.7 Å². The van der Waals surface area contributed by atoms with Crippen LogP contribution >= 0.6 is 0 Å². The van der Waals surface area contributed by atoms with Crippen molar-refractivity contribution in [2.24, 2.45) is 0 Å². The van der Waals surface area contributed by atoms with Gasteiger partial charge in [0.15, 0.2) is 0 Å². The van der Waals surface area contributed by atoms with E-state index in [0.29, 0.717) is 0 Å². The molecule has 0 saturated heterocycles. The maximum atomic E-state index is 12.3. The topological polar surface area (TPSA) is 74.7 Å². The molecule has 0 saturated carbocycles. The quantitative estimate of drug-likeness (QED) is 0.878. The van der Waals surface area contributed by atoms with Crippen LogP contribution in [0.4, 0.5) is 0 Å². The van der Waals surface area contributed by atoms with Crippen LogP contribution in [0.3, 0.4) is 0 Å². The molecular weight excluding hydrogens is 254 g/mol. The number of carbonyl (C=O) groups is 1. The first-order valence-electron chi connectivity index (χ1n) is 5.57. The number of hydrogen-bond acceptors (Lipinski definition) is 3. The lowest BCUT2D eigenvalue weighted by atomic mass is 10.2. The smallest absolute Gasteiger partial charge is 0.318 e. The number of aryl methyl sites for hydroxylation is 2. The minimum Gasteiger partial charge on any atom is -0.480 e. The minimum atomic E-state index is -3.74. The molecule has 0 radical (unpaired) electrons. The van der Waals surface area contributed by atoms with Gasteiger partial charge in [0, 0.05) is 6.54 Å². The van der Waals surface area contributed by atoms with Gasteiger partial charge in [-0.15, -0.1) is 0 Å². The second-order valence-electron chi connectivity index (χ2n) is 4.15. The summed E-state index contributed by atoms with van der Waals surface area (Å²) in [6.45, 7) is 4.83. The normalized spacial score (nSPS) is 11.8. The number of rotatable bonds is 5. The van der Waals surface area contributed by atoms with E-state index in [-0.39, 0.29) is 11.4 Å². The Kier molecular flexibility index (Phi) is 4.48. The third-order valence-corrected chi connectivity index (χ3v) is 4.40. The van der Waals surface area contributed by atoms with Gasteiger partial charge >= 0.3 is 5.97 Å². The first kappa shape index (κ1) is 14.7. The van der Waals surface area contributed by atoms with E-state index in [1.54, 1.807) is 32.9 Å². The molecule has 1 rings (SSSR count). The van der Waals surface area contributed by atoms with Gasteiger partial charge in [0.1, 0.15) is 6.54 Å². The maximum absolute atomic E-state index is 12.3. The van der Waals surface area contributed by atoms with Crippen LogP contribution in [0.5, 0.6) is 0 Å². The van der Waals surface area contributed by atoms with Crippen molar-refractivity contribution in [3.63, 3.8) is 0 Å². The van der Waals surface area contributed by atoms with Crippen LogP contribution in [0, 0.1) is 13.8 Å². The SMILES string of the molecule is CCN(CC(=O)O)S(=O)(=O)c1cc(C)cc(C)c1. The Morgan fingerprint density at radius 3 is 2.11 bits per heavy atom. The molecule has 0 aliphatic heterocycles. The van der Waals surface area contributed by atoms with Crippen molar-refractivity contribution >= 4 is 16.0 Å². The summed E-state index contributed by atoms with van der Waals surface area (Å²) in [5, 5.41) is 8.73. The van der Waals surface area contributed by atoms with Gasteiger partial charge in [-0.2, -0.15) is 4.31 Å². The Morgan fingerprint density at radius 1 is 1.22 bits per heavy atom. The third-order valence-electron chi connectivity index (χ3n) is 2.50. The van der Waals surface area contributed by atoms with Crippen LogP contribution in [0.1, 0.15) is 18.1 Å². The predicted molar refractivity (Wildman–Crippen MR) is 68.0 cm³/mol. The Hall–Kier alpha value is -1.40. The molecule has 1 aromatic rings. The van der Waals surface area contributed by atoms with Gasteiger partial charge in [0.25, 0.3) is 0 Å². The lowest BCUT2D eigenvalue weighted by molar-refractivity contribution is -0.137. The zero-order valence-corrected chi connectivity index (χ0v) is 11.5. The molecule has 0 fully saturated rings. The largest absolute Gasteiger partial charge is 0.480 e. The summed E-state index contributed by atoms with van der Waals surface area (Å²) >= 11 is 0. The number of nitrogens with zero attached hydrogens (tertiary/aromatic N) is 1. The minimum absolute atomic E-state index is 0.127. The fourth-order valence-electron chi connectivity index (χ4n) is 1.75. The highest BCUT2D eigenvalue weighted by molar-refractivity contribution is 7.89. The lowest BCUT2D eigenvalue weighted by Gasteiger charge is -2.19.